The highest BCUT2D eigenvalue weighted by molar-refractivity contribution is 5.84. The summed E-state index contributed by atoms with van der Waals surface area (Å²) in [5, 5.41) is 13.2. The van der Waals surface area contributed by atoms with Crippen molar-refractivity contribution in [1.29, 1.82) is 0 Å². The maximum atomic E-state index is 9.02. The standard InChI is InChI=1S/C13H17N3O/c1-9(8-17)15-13-6-10(7-14)11-4-2-3-5-12(11)16-13/h2-6,9,17H,7-8,14H2,1H3,(H,15,16). The first-order valence-electron chi connectivity index (χ1n) is 5.70. The predicted molar refractivity (Wildman–Crippen MR) is 69.8 cm³/mol. The van der Waals surface area contributed by atoms with E-state index in [9.17, 15) is 0 Å². The van der Waals surface area contributed by atoms with E-state index in [1.807, 2.05) is 37.3 Å². The maximum absolute atomic E-state index is 9.02. The summed E-state index contributed by atoms with van der Waals surface area (Å²) in [7, 11) is 0. The summed E-state index contributed by atoms with van der Waals surface area (Å²) in [5.74, 6) is 0.755. The molecule has 1 aromatic carbocycles. The number of hydrogen-bond acceptors (Lipinski definition) is 4. The van der Waals surface area contributed by atoms with Crippen LogP contribution in [0.2, 0.25) is 0 Å². The van der Waals surface area contributed by atoms with Gasteiger partial charge in [0.1, 0.15) is 5.82 Å². The van der Waals surface area contributed by atoms with Crippen molar-refractivity contribution in [3.63, 3.8) is 0 Å². The highest BCUT2D eigenvalue weighted by Crippen LogP contribution is 2.20. The lowest BCUT2D eigenvalue weighted by Crippen LogP contribution is -2.20. The number of pyridine rings is 1. The summed E-state index contributed by atoms with van der Waals surface area (Å²) in [6, 6.07) is 9.83. The Kier molecular flexibility index (Phi) is 3.56. The molecule has 0 saturated heterocycles. The molecule has 1 aromatic heterocycles. The molecule has 1 heterocycles. The van der Waals surface area contributed by atoms with Gasteiger partial charge in [0.2, 0.25) is 0 Å². The van der Waals surface area contributed by atoms with Gasteiger partial charge in [-0.3, -0.25) is 0 Å². The first kappa shape index (κ1) is 11.8. The number of nitrogens with zero attached hydrogens (tertiary/aromatic N) is 1. The van der Waals surface area contributed by atoms with Gasteiger partial charge in [-0.05, 0) is 24.6 Å². The SMILES string of the molecule is CC(CO)Nc1cc(CN)c2ccccc2n1. The molecule has 0 radical (unpaired) electrons. The van der Waals surface area contributed by atoms with Gasteiger partial charge in [-0.25, -0.2) is 4.98 Å². The van der Waals surface area contributed by atoms with Crippen LogP contribution in [0.5, 0.6) is 0 Å². The number of nitrogens with one attached hydrogen (secondary N) is 1. The number of aliphatic hydroxyl groups is 1. The van der Waals surface area contributed by atoms with Crippen LogP contribution in [-0.4, -0.2) is 22.7 Å². The smallest absolute Gasteiger partial charge is 0.127 e. The summed E-state index contributed by atoms with van der Waals surface area (Å²) >= 11 is 0. The van der Waals surface area contributed by atoms with Gasteiger partial charge >= 0.3 is 0 Å². The summed E-state index contributed by atoms with van der Waals surface area (Å²) in [4.78, 5) is 4.49. The van der Waals surface area contributed by atoms with Gasteiger partial charge in [0.25, 0.3) is 0 Å². The number of para-hydroxylation sites is 1. The lowest BCUT2D eigenvalue weighted by atomic mass is 10.1. The molecule has 0 saturated carbocycles. The minimum atomic E-state index is -0.0192. The van der Waals surface area contributed by atoms with E-state index in [2.05, 4.69) is 10.3 Å². The first-order chi connectivity index (χ1) is 8.24. The van der Waals surface area contributed by atoms with Crippen molar-refractivity contribution in [3.8, 4) is 0 Å². The van der Waals surface area contributed by atoms with E-state index < -0.39 is 0 Å². The number of fused-ring (bicyclic) bond motifs is 1. The molecule has 4 nitrogen and oxygen atoms in total. The Labute approximate surface area is 100 Å². The molecule has 4 heteroatoms. The van der Waals surface area contributed by atoms with Crippen molar-refractivity contribution in [3.05, 3.63) is 35.9 Å². The van der Waals surface area contributed by atoms with E-state index in [1.54, 1.807) is 0 Å². The Morgan fingerprint density at radius 1 is 1.41 bits per heavy atom. The van der Waals surface area contributed by atoms with Crippen LogP contribution in [0.3, 0.4) is 0 Å². The third-order valence-corrected chi connectivity index (χ3v) is 2.69. The van der Waals surface area contributed by atoms with E-state index in [1.165, 1.54) is 0 Å². The van der Waals surface area contributed by atoms with Crippen LogP contribution in [0.4, 0.5) is 5.82 Å². The van der Waals surface area contributed by atoms with Crippen molar-refractivity contribution in [2.24, 2.45) is 5.73 Å². The number of nitrogens with two attached hydrogens (primary N) is 1. The van der Waals surface area contributed by atoms with Gasteiger partial charge in [0.05, 0.1) is 12.1 Å². The molecule has 0 aliphatic carbocycles. The molecule has 0 amide bonds. The second kappa shape index (κ2) is 5.12. The van der Waals surface area contributed by atoms with Crippen LogP contribution in [0.1, 0.15) is 12.5 Å². The van der Waals surface area contributed by atoms with Crippen LogP contribution in [0, 0.1) is 0 Å². The van der Waals surface area contributed by atoms with Gasteiger partial charge in [0.15, 0.2) is 0 Å². The number of rotatable bonds is 4. The predicted octanol–water partition coefficient (Wildman–Crippen LogP) is 1.49. The van der Waals surface area contributed by atoms with E-state index in [0.29, 0.717) is 6.54 Å². The third kappa shape index (κ3) is 2.54. The van der Waals surface area contributed by atoms with E-state index >= 15 is 0 Å². The minimum Gasteiger partial charge on any atom is -0.394 e. The maximum Gasteiger partial charge on any atom is 0.127 e. The molecule has 0 bridgehead atoms. The van der Waals surface area contributed by atoms with Crippen molar-refractivity contribution >= 4 is 16.7 Å². The molecule has 0 fully saturated rings. The zero-order valence-corrected chi connectivity index (χ0v) is 9.85. The molecule has 2 aromatic rings. The van der Waals surface area contributed by atoms with E-state index in [0.717, 1.165) is 22.3 Å². The molecule has 2 rings (SSSR count). The van der Waals surface area contributed by atoms with Crippen molar-refractivity contribution in [2.45, 2.75) is 19.5 Å². The molecular weight excluding hydrogens is 214 g/mol. The van der Waals surface area contributed by atoms with E-state index in [4.69, 9.17) is 10.8 Å². The van der Waals surface area contributed by atoms with Crippen molar-refractivity contribution < 1.29 is 5.11 Å². The highest BCUT2D eigenvalue weighted by atomic mass is 16.3. The molecular formula is C13H17N3O. The fraction of sp³-hybridized carbons (Fsp3) is 0.308. The van der Waals surface area contributed by atoms with Crippen LogP contribution in [0.15, 0.2) is 30.3 Å². The van der Waals surface area contributed by atoms with Gasteiger partial charge in [0, 0.05) is 18.0 Å². The zero-order valence-electron chi connectivity index (χ0n) is 9.85. The van der Waals surface area contributed by atoms with Crippen LogP contribution in [-0.2, 0) is 6.54 Å². The summed E-state index contributed by atoms with van der Waals surface area (Å²) in [6.45, 7) is 2.46. The second-order valence-corrected chi connectivity index (χ2v) is 4.12. The lowest BCUT2D eigenvalue weighted by Gasteiger charge is -2.13. The average Bonchev–Trinajstić information content (AvgIpc) is 2.37. The monoisotopic (exact) mass is 231 g/mol. The molecule has 90 valence electrons. The third-order valence-electron chi connectivity index (χ3n) is 2.69. The second-order valence-electron chi connectivity index (χ2n) is 4.12. The van der Waals surface area contributed by atoms with Gasteiger partial charge in [-0.15, -0.1) is 0 Å². The number of aromatic nitrogens is 1. The topological polar surface area (TPSA) is 71.2 Å². The molecule has 4 N–H and O–H groups in total. The van der Waals surface area contributed by atoms with Crippen molar-refractivity contribution in [1.82, 2.24) is 4.98 Å². The molecule has 0 aliphatic heterocycles. The number of benzene rings is 1. The van der Waals surface area contributed by atoms with Crippen molar-refractivity contribution in [2.75, 3.05) is 11.9 Å². The van der Waals surface area contributed by atoms with Crippen LogP contribution in [0.25, 0.3) is 10.9 Å². The largest absolute Gasteiger partial charge is 0.394 e. The Morgan fingerprint density at radius 2 is 2.18 bits per heavy atom. The Hall–Kier alpha value is -1.65. The Bertz CT molecular complexity index is 513. The quantitative estimate of drug-likeness (QED) is 0.745. The first-order valence-corrected chi connectivity index (χ1v) is 5.70. The average molecular weight is 231 g/mol. The van der Waals surface area contributed by atoms with Crippen LogP contribution >= 0.6 is 0 Å². The zero-order chi connectivity index (χ0) is 12.3. The number of aliphatic hydroxyl groups excluding tert-OH is 1. The van der Waals surface area contributed by atoms with E-state index in [-0.39, 0.29) is 12.6 Å². The normalized spacial score (nSPS) is 12.6. The minimum absolute atomic E-state index is 0.0192. The number of hydrogen-bond donors (Lipinski definition) is 3. The molecule has 17 heavy (non-hydrogen) atoms. The highest BCUT2D eigenvalue weighted by Gasteiger charge is 2.06. The summed E-state index contributed by atoms with van der Waals surface area (Å²) in [6.07, 6.45) is 0. The van der Waals surface area contributed by atoms with Gasteiger partial charge in [-0.1, -0.05) is 18.2 Å². The fourth-order valence-electron chi connectivity index (χ4n) is 1.79. The number of anilines is 1. The fourth-order valence-corrected chi connectivity index (χ4v) is 1.79. The Morgan fingerprint density at radius 3 is 2.88 bits per heavy atom. The molecule has 1 atom stereocenters. The molecule has 0 spiro atoms. The molecule has 1 unspecified atom stereocenters. The molecule has 0 aliphatic rings. The Balaban J connectivity index is 2.45. The lowest BCUT2D eigenvalue weighted by molar-refractivity contribution is 0.281. The summed E-state index contributed by atoms with van der Waals surface area (Å²) < 4.78 is 0. The van der Waals surface area contributed by atoms with Gasteiger partial charge < -0.3 is 16.2 Å². The summed E-state index contributed by atoms with van der Waals surface area (Å²) in [5.41, 5.74) is 7.72. The van der Waals surface area contributed by atoms with Gasteiger partial charge in [-0.2, -0.15) is 0 Å². The van der Waals surface area contributed by atoms with Crippen LogP contribution < -0.4 is 11.1 Å².